The Morgan fingerprint density at radius 1 is 0.833 bits per heavy atom. The van der Waals surface area contributed by atoms with Gasteiger partial charge in [0.2, 0.25) is 0 Å². The lowest BCUT2D eigenvalue weighted by atomic mass is 9.98. The second-order valence-electron chi connectivity index (χ2n) is 7.71. The third kappa shape index (κ3) is 3.79. The first-order valence-corrected chi connectivity index (χ1v) is 10.4. The molecule has 0 fully saturated rings. The van der Waals surface area contributed by atoms with Crippen molar-refractivity contribution in [3.8, 4) is 16.9 Å². The Kier molecular flexibility index (Phi) is 4.94. The van der Waals surface area contributed by atoms with Crippen LogP contribution in [0.25, 0.3) is 21.9 Å². The third-order valence-corrected chi connectivity index (χ3v) is 5.49. The van der Waals surface area contributed by atoms with E-state index in [-0.39, 0.29) is 0 Å². The standard InChI is InChI=1S/C27H24N2O/c1-19-7-9-21(10-8-19)22-11-12-23-17-26(30-18-20-5-3-2-4-6-20)25(16-24(23)15-22)27-28-13-14-29-27/h2-12,15-17H,13-14,18H2,1H3,(H,28,29). The number of hydrogen-bond donors (Lipinski definition) is 1. The van der Waals surface area contributed by atoms with E-state index in [1.165, 1.54) is 22.1 Å². The van der Waals surface area contributed by atoms with Crippen LogP contribution in [-0.4, -0.2) is 18.9 Å². The molecule has 0 atom stereocenters. The Morgan fingerprint density at radius 2 is 1.63 bits per heavy atom. The lowest BCUT2D eigenvalue weighted by molar-refractivity contribution is 0.306. The maximum absolute atomic E-state index is 6.25. The summed E-state index contributed by atoms with van der Waals surface area (Å²) in [4.78, 5) is 4.64. The monoisotopic (exact) mass is 392 g/mol. The van der Waals surface area contributed by atoms with E-state index in [1.54, 1.807) is 0 Å². The molecule has 0 unspecified atom stereocenters. The van der Waals surface area contributed by atoms with E-state index >= 15 is 0 Å². The highest BCUT2D eigenvalue weighted by molar-refractivity contribution is 6.06. The van der Waals surface area contributed by atoms with Crippen LogP contribution in [-0.2, 0) is 6.61 Å². The van der Waals surface area contributed by atoms with Crippen molar-refractivity contribution < 1.29 is 4.74 Å². The van der Waals surface area contributed by atoms with Crippen molar-refractivity contribution in [2.24, 2.45) is 4.99 Å². The zero-order valence-corrected chi connectivity index (χ0v) is 17.1. The highest BCUT2D eigenvalue weighted by Crippen LogP contribution is 2.31. The van der Waals surface area contributed by atoms with E-state index in [1.807, 2.05) is 18.2 Å². The fraction of sp³-hybridized carbons (Fsp3) is 0.148. The zero-order chi connectivity index (χ0) is 20.3. The van der Waals surface area contributed by atoms with Crippen LogP contribution in [0.2, 0.25) is 0 Å². The van der Waals surface area contributed by atoms with E-state index in [2.05, 4.69) is 84.0 Å². The molecule has 0 aromatic heterocycles. The Labute approximate surface area is 177 Å². The second-order valence-corrected chi connectivity index (χ2v) is 7.71. The molecule has 5 rings (SSSR count). The number of amidine groups is 1. The van der Waals surface area contributed by atoms with Crippen molar-refractivity contribution in [2.45, 2.75) is 13.5 Å². The molecule has 1 N–H and O–H groups in total. The number of aliphatic imine (C=N–C) groups is 1. The summed E-state index contributed by atoms with van der Waals surface area (Å²) in [5.41, 5.74) is 5.89. The van der Waals surface area contributed by atoms with Gasteiger partial charge in [0.1, 0.15) is 18.2 Å². The Morgan fingerprint density at radius 3 is 2.40 bits per heavy atom. The van der Waals surface area contributed by atoms with Crippen LogP contribution in [0.5, 0.6) is 5.75 Å². The fourth-order valence-corrected chi connectivity index (χ4v) is 3.82. The Balaban J connectivity index is 1.54. The summed E-state index contributed by atoms with van der Waals surface area (Å²) in [5.74, 6) is 1.78. The van der Waals surface area contributed by atoms with Gasteiger partial charge in [-0.25, -0.2) is 0 Å². The van der Waals surface area contributed by atoms with Crippen molar-refractivity contribution in [2.75, 3.05) is 13.1 Å². The number of hydrogen-bond acceptors (Lipinski definition) is 3. The average Bonchev–Trinajstić information content (AvgIpc) is 3.33. The predicted octanol–water partition coefficient (Wildman–Crippen LogP) is 5.74. The summed E-state index contributed by atoms with van der Waals surface area (Å²) in [6.45, 7) is 4.32. The van der Waals surface area contributed by atoms with E-state index in [4.69, 9.17) is 4.74 Å². The summed E-state index contributed by atoms with van der Waals surface area (Å²) in [6.07, 6.45) is 0. The van der Waals surface area contributed by atoms with E-state index < -0.39 is 0 Å². The van der Waals surface area contributed by atoms with Gasteiger partial charge in [0, 0.05) is 6.54 Å². The van der Waals surface area contributed by atoms with Crippen LogP contribution >= 0.6 is 0 Å². The Bertz CT molecular complexity index is 1210. The Hall–Kier alpha value is -3.59. The largest absolute Gasteiger partial charge is 0.488 e. The fourth-order valence-electron chi connectivity index (χ4n) is 3.82. The summed E-state index contributed by atoms with van der Waals surface area (Å²) in [5, 5.41) is 5.75. The summed E-state index contributed by atoms with van der Waals surface area (Å²) in [7, 11) is 0. The number of benzene rings is 4. The molecule has 0 spiro atoms. The number of nitrogens with one attached hydrogen (secondary N) is 1. The molecule has 4 aromatic carbocycles. The summed E-state index contributed by atoms with van der Waals surface area (Å²) >= 11 is 0. The molecule has 148 valence electrons. The van der Waals surface area contributed by atoms with Gasteiger partial charge in [-0.15, -0.1) is 0 Å². The number of nitrogens with zero attached hydrogens (tertiary/aromatic N) is 1. The molecule has 30 heavy (non-hydrogen) atoms. The summed E-state index contributed by atoms with van der Waals surface area (Å²) < 4.78 is 6.25. The number of ether oxygens (including phenoxy) is 1. The quantitative estimate of drug-likeness (QED) is 0.470. The number of fused-ring (bicyclic) bond motifs is 1. The third-order valence-electron chi connectivity index (χ3n) is 5.49. The van der Waals surface area contributed by atoms with Crippen molar-refractivity contribution in [1.82, 2.24) is 5.32 Å². The first kappa shape index (κ1) is 18.4. The normalized spacial score (nSPS) is 13.2. The molecule has 0 bridgehead atoms. The van der Waals surface area contributed by atoms with E-state index in [0.29, 0.717) is 6.61 Å². The van der Waals surface area contributed by atoms with Crippen molar-refractivity contribution >= 4 is 16.6 Å². The van der Waals surface area contributed by atoms with Gasteiger partial charge >= 0.3 is 0 Å². The molecule has 1 aliphatic rings. The van der Waals surface area contributed by atoms with Crippen molar-refractivity contribution in [1.29, 1.82) is 0 Å². The van der Waals surface area contributed by atoms with E-state index in [0.717, 1.165) is 41.2 Å². The van der Waals surface area contributed by atoms with E-state index in [9.17, 15) is 0 Å². The first-order valence-electron chi connectivity index (χ1n) is 10.4. The van der Waals surface area contributed by atoms with Crippen LogP contribution < -0.4 is 10.1 Å². The van der Waals surface area contributed by atoms with Crippen LogP contribution in [0, 0.1) is 6.92 Å². The van der Waals surface area contributed by atoms with Crippen LogP contribution in [0.3, 0.4) is 0 Å². The average molecular weight is 393 g/mol. The van der Waals surface area contributed by atoms with Crippen molar-refractivity contribution in [3.05, 3.63) is 102 Å². The molecule has 1 heterocycles. The molecule has 3 heteroatoms. The van der Waals surface area contributed by atoms with Gasteiger partial charge in [0.25, 0.3) is 0 Å². The number of rotatable bonds is 5. The maximum Gasteiger partial charge on any atom is 0.132 e. The minimum Gasteiger partial charge on any atom is -0.488 e. The lowest BCUT2D eigenvalue weighted by Crippen LogP contribution is -2.20. The molecule has 0 radical (unpaired) electrons. The summed E-state index contributed by atoms with van der Waals surface area (Å²) in [6, 6.07) is 29.9. The molecule has 3 nitrogen and oxygen atoms in total. The van der Waals surface area contributed by atoms with Crippen LogP contribution in [0.1, 0.15) is 16.7 Å². The van der Waals surface area contributed by atoms with Gasteiger partial charge in [-0.05, 0) is 52.6 Å². The van der Waals surface area contributed by atoms with Crippen molar-refractivity contribution in [3.63, 3.8) is 0 Å². The van der Waals surface area contributed by atoms with Gasteiger partial charge in [-0.1, -0.05) is 72.3 Å². The molecule has 0 amide bonds. The highest BCUT2D eigenvalue weighted by atomic mass is 16.5. The van der Waals surface area contributed by atoms with Gasteiger partial charge in [-0.3, -0.25) is 4.99 Å². The second kappa shape index (κ2) is 8.03. The number of aryl methyl sites for hydroxylation is 1. The van der Waals surface area contributed by atoms with Crippen LogP contribution in [0.4, 0.5) is 0 Å². The smallest absolute Gasteiger partial charge is 0.132 e. The maximum atomic E-state index is 6.25. The zero-order valence-electron chi connectivity index (χ0n) is 17.1. The topological polar surface area (TPSA) is 33.6 Å². The van der Waals surface area contributed by atoms with Gasteiger partial charge in [0.15, 0.2) is 0 Å². The molecular formula is C27H24N2O. The molecule has 1 aliphatic heterocycles. The molecule has 0 saturated carbocycles. The molecule has 4 aromatic rings. The minimum atomic E-state index is 0.536. The van der Waals surface area contributed by atoms with Gasteiger partial charge < -0.3 is 10.1 Å². The SMILES string of the molecule is Cc1ccc(-c2ccc3cc(OCc4ccccc4)c(C4=NCCN4)cc3c2)cc1. The molecule has 0 aliphatic carbocycles. The minimum absolute atomic E-state index is 0.536. The molecule has 0 saturated heterocycles. The first-order chi connectivity index (χ1) is 14.8. The van der Waals surface area contributed by atoms with Crippen LogP contribution in [0.15, 0.2) is 89.9 Å². The highest BCUT2D eigenvalue weighted by Gasteiger charge is 2.16. The lowest BCUT2D eigenvalue weighted by Gasteiger charge is -2.14. The molecular weight excluding hydrogens is 368 g/mol. The van der Waals surface area contributed by atoms with Gasteiger partial charge in [-0.2, -0.15) is 0 Å². The predicted molar refractivity (Wildman–Crippen MR) is 124 cm³/mol. The van der Waals surface area contributed by atoms with Gasteiger partial charge in [0.05, 0.1) is 12.1 Å².